The molecule has 0 atom stereocenters. The molecule has 2 aromatic carbocycles. The number of ether oxygens (including phenoxy) is 5. The van der Waals surface area contributed by atoms with E-state index in [9.17, 15) is 4.79 Å². The lowest BCUT2D eigenvalue weighted by Crippen LogP contribution is -2.04. The third-order valence-electron chi connectivity index (χ3n) is 3.15. The number of methoxy groups -OCH3 is 4. The topological polar surface area (TPSA) is 63.2 Å². The molecular formula is C17H18O6. The van der Waals surface area contributed by atoms with E-state index in [-0.39, 0.29) is 5.56 Å². The van der Waals surface area contributed by atoms with Crippen molar-refractivity contribution >= 4 is 5.97 Å². The Morgan fingerprint density at radius 2 is 1.39 bits per heavy atom. The maximum atomic E-state index is 11.8. The summed E-state index contributed by atoms with van der Waals surface area (Å²) in [5.41, 5.74) is 0.287. The zero-order valence-corrected chi connectivity index (χ0v) is 13.4. The van der Waals surface area contributed by atoms with Gasteiger partial charge in [-0.25, -0.2) is 4.79 Å². The molecule has 0 aliphatic rings. The molecule has 6 nitrogen and oxygen atoms in total. The lowest BCUT2D eigenvalue weighted by molar-refractivity contribution is 0.0600. The maximum absolute atomic E-state index is 11.8. The van der Waals surface area contributed by atoms with E-state index in [4.69, 9.17) is 23.7 Å². The Labute approximate surface area is 134 Å². The smallest absolute Gasteiger partial charge is 0.338 e. The molecule has 0 aliphatic carbocycles. The monoisotopic (exact) mass is 318 g/mol. The van der Waals surface area contributed by atoms with Crippen molar-refractivity contribution in [2.24, 2.45) is 0 Å². The molecule has 0 saturated heterocycles. The van der Waals surface area contributed by atoms with Crippen molar-refractivity contribution < 1.29 is 28.5 Å². The molecule has 6 heteroatoms. The summed E-state index contributed by atoms with van der Waals surface area (Å²) in [5.74, 6) is 1.58. The van der Waals surface area contributed by atoms with Crippen LogP contribution in [0.1, 0.15) is 10.4 Å². The van der Waals surface area contributed by atoms with Crippen molar-refractivity contribution in [3.05, 3.63) is 42.0 Å². The van der Waals surface area contributed by atoms with Crippen molar-refractivity contribution in [3.8, 4) is 28.7 Å². The summed E-state index contributed by atoms with van der Waals surface area (Å²) >= 11 is 0. The molecule has 0 saturated carbocycles. The van der Waals surface area contributed by atoms with Gasteiger partial charge in [0.15, 0.2) is 23.0 Å². The van der Waals surface area contributed by atoms with Gasteiger partial charge in [-0.15, -0.1) is 0 Å². The number of carbonyl (C=O) groups excluding carboxylic acids is 1. The van der Waals surface area contributed by atoms with Gasteiger partial charge in [-0.3, -0.25) is 0 Å². The average Bonchev–Trinajstić information content (AvgIpc) is 2.60. The molecule has 0 unspecified atom stereocenters. The molecule has 122 valence electrons. The maximum Gasteiger partial charge on any atom is 0.338 e. The minimum atomic E-state index is -0.504. The second-order valence-electron chi connectivity index (χ2n) is 4.45. The summed E-state index contributed by atoms with van der Waals surface area (Å²) in [6.07, 6.45) is 0. The quantitative estimate of drug-likeness (QED) is 0.762. The molecule has 0 amide bonds. The largest absolute Gasteiger partial charge is 0.493 e. The molecule has 0 aliphatic heterocycles. The lowest BCUT2D eigenvalue weighted by Gasteiger charge is -2.16. The van der Waals surface area contributed by atoms with Crippen LogP contribution in [0.25, 0.3) is 0 Å². The fourth-order valence-corrected chi connectivity index (χ4v) is 2.06. The molecule has 0 bridgehead atoms. The van der Waals surface area contributed by atoms with Gasteiger partial charge in [0, 0.05) is 0 Å². The number of hydrogen-bond donors (Lipinski definition) is 0. The molecule has 23 heavy (non-hydrogen) atoms. The van der Waals surface area contributed by atoms with E-state index in [2.05, 4.69) is 0 Å². The van der Waals surface area contributed by atoms with E-state index in [1.165, 1.54) is 33.5 Å². The molecule has 0 fully saturated rings. The van der Waals surface area contributed by atoms with Crippen LogP contribution in [0, 0.1) is 0 Å². The highest BCUT2D eigenvalue weighted by Gasteiger charge is 2.19. The highest BCUT2D eigenvalue weighted by atomic mass is 16.5. The normalized spacial score (nSPS) is 9.91. The zero-order chi connectivity index (χ0) is 16.8. The first-order chi connectivity index (χ1) is 11.1. The Hall–Kier alpha value is -2.89. The first kappa shape index (κ1) is 16.5. The summed E-state index contributed by atoms with van der Waals surface area (Å²) in [7, 11) is 5.82. The summed E-state index contributed by atoms with van der Waals surface area (Å²) in [6.45, 7) is 0. The Balaban J connectivity index is 2.52. The second kappa shape index (κ2) is 7.40. The van der Waals surface area contributed by atoms with Crippen LogP contribution in [-0.4, -0.2) is 34.4 Å². The van der Waals surface area contributed by atoms with E-state index in [1.54, 1.807) is 19.2 Å². The first-order valence-corrected chi connectivity index (χ1v) is 6.79. The SMILES string of the molecule is COC(=O)c1cc(OC)c(OC)c(Oc2ccccc2OC)c1. The van der Waals surface area contributed by atoms with E-state index < -0.39 is 5.97 Å². The fraction of sp³-hybridized carbons (Fsp3) is 0.235. The molecule has 0 N–H and O–H groups in total. The van der Waals surface area contributed by atoms with E-state index in [1.807, 2.05) is 12.1 Å². The third-order valence-corrected chi connectivity index (χ3v) is 3.15. The van der Waals surface area contributed by atoms with Crippen molar-refractivity contribution in [1.82, 2.24) is 0 Å². The predicted octanol–water partition coefficient (Wildman–Crippen LogP) is 3.29. The number of esters is 1. The van der Waals surface area contributed by atoms with Crippen LogP contribution in [-0.2, 0) is 4.74 Å². The van der Waals surface area contributed by atoms with Crippen LogP contribution >= 0.6 is 0 Å². The third kappa shape index (κ3) is 3.48. The van der Waals surface area contributed by atoms with Crippen molar-refractivity contribution in [1.29, 1.82) is 0 Å². The van der Waals surface area contributed by atoms with Gasteiger partial charge < -0.3 is 23.7 Å². The van der Waals surface area contributed by atoms with Gasteiger partial charge >= 0.3 is 5.97 Å². The predicted molar refractivity (Wildman–Crippen MR) is 84.0 cm³/mol. The Morgan fingerprint density at radius 1 is 0.783 bits per heavy atom. The van der Waals surface area contributed by atoms with Crippen molar-refractivity contribution in [2.75, 3.05) is 28.4 Å². The second-order valence-corrected chi connectivity index (χ2v) is 4.45. The van der Waals surface area contributed by atoms with Gasteiger partial charge in [0.1, 0.15) is 0 Å². The number of hydrogen-bond acceptors (Lipinski definition) is 6. The highest BCUT2D eigenvalue weighted by Crippen LogP contribution is 2.42. The standard InChI is InChI=1S/C17H18O6/c1-19-12-7-5-6-8-13(12)23-15-10-11(17(18)22-4)9-14(20-2)16(15)21-3/h5-10H,1-4H3. The minimum absolute atomic E-state index is 0.287. The zero-order valence-electron chi connectivity index (χ0n) is 13.4. The van der Waals surface area contributed by atoms with Gasteiger partial charge in [-0.1, -0.05) is 12.1 Å². The van der Waals surface area contributed by atoms with Crippen molar-refractivity contribution in [3.63, 3.8) is 0 Å². The molecular weight excluding hydrogens is 300 g/mol. The van der Waals surface area contributed by atoms with Gasteiger partial charge in [-0.05, 0) is 24.3 Å². The summed E-state index contributed by atoms with van der Waals surface area (Å²) in [5, 5.41) is 0. The fourth-order valence-electron chi connectivity index (χ4n) is 2.06. The summed E-state index contributed by atoms with van der Waals surface area (Å²) in [6, 6.07) is 10.2. The van der Waals surface area contributed by atoms with Gasteiger partial charge in [0.05, 0.1) is 34.0 Å². The van der Waals surface area contributed by atoms with E-state index in [0.717, 1.165) is 0 Å². The molecule has 2 aromatic rings. The van der Waals surface area contributed by atoms with Crippen LogP contribution in [0.3, 0.4) is 0 Å². The van der Waals surface area contributed by atoms with E-state index in [0.29, 0.717) is 28.7 Å². The lowest BCUT2D eigenvalue weighted by atomic mass is 10.2. The summed E-state index contributed by atoms with van der Waals surface area (Å²) in [4.78, 5) is 11.8. The van der Waals surface area contributed by atoms with E-state index >= 15 is 0 Å². The van der Waals surface area contributed by atoms with Crippen LogP contribution in [0.2, 0.25) is 0 Å². The minimum Gasteiger partial charge on any atom is -0.493 e. The van der Waals surface area contributed by atoms with Crippen LogP contribution in [0.4, 0.5) is 0 Å². The molecule has 0 spiro atoms. The number of carbonyl (C=O) groups is 1. The number of rotatable bonds is 6. The van der Waals surface area contributed by atoms with Crippen LogP contribution in [0.5, 0.6) is 28.7 Å². The first-order valence-electron chi connectivity index (χ1n) is 6.79. The summed E-state index contributed by atoms with van der Waals surface area (Å²) < 4.78 is 26.5. The van der Waals surface area contributed by atoms with Crippen LogP contribution in [0.15, 0.2) is 36.4 Å². The Kier molecular flexibility index (Phi) is 5.30. The molecule has 0 radical (unpaired) electrons. The van der Waals surface area contributed by atoms with Gasteiger partial charge in [0.25, 0.3) is 0 Å². The van der Waals surface area contributed by atoms with Crippen molar-refractivity contribution in [2.45, 2.75) is 0 Å². The Bertz CT molecular complexity index is 695. The van der Waals surface area contributed by atoms with Gasteiger partial charge in [0.2, 0.25) is 5.75 Å². The molecule has 0 heterocycles. The Morgan fingerprint density at radius 3 is 1.96 bits per heavy atom. The molecule has 2 rings (SSSR count). The highest BCUT2D eigenvalue weighted by molar-refractivity contribution is 5.91. The van der Waals surface area contributed by atoms with Gasteiger partial charge in [-0.2, -0.15) is 0 Å². The van der Waals surface area contributed by atoms with Crippen LogP contribution < -0.4 is 18.9 Å². The number of benzene rings is 2. The molecule has 0 aromatic heterocycles. The average molecular weight is 318 g/mol. The number of para-hydroxylation sites is 2.